The SMILES string of the molecule is CCCCCCNC(=NC)NCC(c1ccccc1)N1CCOCC1. The molecule has 5 heteroatoms. The van der Waals surface area contributed by atoms with Gasteiger partial charge in [-0.3, -0.25) is 9.89 Å². The summed E-state index contributed by atoms with van der Waals surface area (Å²) in [6.07, 6.45) is 5.05. The van der Waals surface area contributed by atoms with Crippen LogP contribution < -0.4 is 10.6 Å². The lowest BCUT2D eigenvalue weighted by atomic mass is 10.0. The van der Waals surface area contributed by atoms with Gasteiger partial charge in [-0.2, -0.15) is 0 Å². The lowest BCUT2D eigenvalue weighted by Crippen LogP contribution is -2.46. The Morgan fingerprint density at radius 2 is 1.88 bits per heavy atom. The third-order valence-electron chi connectivity index (χ3n) is 4.68. The van der Waals surface area contributed by atoms with Crippen molar-refractivity contribution in [1.82, 2.24) is 15.5 Å². The molecular weight excluding hydrogens is 312 g/mol. The molecule has 25 heavy (non-hydrogen) atoms. The van der Waals surface area contributed by atoms with Crippen LogP contribution >= 0.6 is 0 Å². The van der Waals surface area contributed by atoms with E-state index < -0.39 is 0 Å². The first-order valence-corrected chi connectivity index (χ1v) is 9.66. The molecule has 0 spiro atoms. The Morgan fingerprint density at radius 1 is 1.12 bits per heavy atom. The van der Waals surface area contributed by atoms with Crippen molar-refractivity contribution in [1.29, 1.82) is 0 Å². The van der Waals surface area contributed by atoms with E-state index in [1.807, 2.05) is 7.05 Å². The number of ether oxygens (including phenoxy) is 1. The molecule has 1 aromatic rings. The van der Waals surface area contributed by atoms with Crippen molar-refractivity contribution in [3.05, 3.63) is 35.9 Å². The topological polar surface area (TPSA) is 48.9 Å². The van der Waals surface area contributed by atoms with Crippen LogP contribution in [-0.4, -0.2) is 57.3 Å². The number of hydrogen-bond donors (Lipinski definition) is 2. The maximum atomic E-state index is 5.52. The van der Waals surface area contributed by atoms with Gasteiger partial charge in [-0.1, -0.05) is 56.5 Å². The zero-order valence-electron chi connectivity index (χ0n) is 15.8. The number of nitrogens with zero attached hydrogens (tertiary/aromatic N) is 2. The molecule has 1 atom stereocenters. The zero-order valence-corrected chi connectivity index (χ0v) is 15.8. The zero-order chi connectivity index (χ0) is 17.7. The molecule has 1 aliphatic rings. The first-order valence-electron chi connectivity index (χ1n) is 9.66. The monoisotopic (exact) mass is 346 g/mol. The van der Waals surface area contributed by atoms with Gasteiger partial charge in [0.1, 0.15) is 0 Å². The van der Waals surface area contributed by atoms with Gasteiger partial charge in [0.25, 0.3) is 0 Å². The maximum Gasteiger partial charge on any atom is 0.191 e. The summed E-state index contributed by atoms with van der Waals surface area (Å²) >= 11 is 0. The van der Waals surface area contributed by atoms with E-state index in [0.29, 0.717) is 6.04 Å². The number of morpholine rings is 1. The summed E-state index contributed by atoms with van der Waals surface area (Å²) in [6.45, 7) is 7.64. The molecule has 140 valence electrons. The molecule has 0 saturated carbocycles. The third kappa shape index (κ3) is 7.04. The van der Waals surface area contributed by atoms with Crippen molar-refractivity contribution < 1.29 is 4.74 Å². The van der Waals surface area contributed by atoms with Crippen LogP contribution in [0.3, 0.4) is 0 Å². The summed E-state index contributed by atoms with van der Waals surface area (Å²) in [5, 5.41) is 6.95. The largest absolute Gasteiger partial charge is 0.379 e. The molecule has 1 aromatic carbocycles. The van der Waals surface area contributed by atoms with Gasteiger partial charge in [0.2, 0.25) is 0 Å². The minimum Gasteiger partial charge on any atom is -0.379 e. The highest BCUT2D eigenvalue weighted by Gasteiger charge is 2.22. The molecule has 0 aromatic heterocycles. The number of hydrogen-bond acceptors (Lipinski definition) is 3. The van der Waals surface area contributed by atoms with E-state index in [1.165, 1.54) is 31.2 Å². The quantitative estimate of drug-likeness (QED) is 0.410. The summed E-state index contributed by atoms with van der Waals surface area (Å²) in [4.78, 5) is 6.87. The summed E-state index contributed by atoms with van der Waals surface area (Å²) in [5.74, 6) is 0.894. The average molecular weight is 347 g/mol. The van der Waals surface area contributed by atoms with Gasteiger partial charge in [-0.15, -0.1) is 0 Å². The van der Waals surface area contributed by atoms with Gasteiger partial charge in [0, 0.05) is 33.2 Å². The Hall–Kier alpha value is -1.59. The van der Waals surface area contributed by atoms with Crippen molar-refractivity contribution in [2.45, 2.75) is 38.6 Å². The highest BCUT2D eigenvalue weighted by Crippen LogP contribution is 2.20. The molecule has 2 N–H and O–H groups in total. The van der Waals surface area contributed by atoms with Gasteiger partial charge < -0.3 is 15.4 Å². The lowest BCUT2D eigenvalue weighted by Gasteiger charge is -2.35. The highest BCUT2D eigenvalue weighted by molar-refractivity contribution is 5.79. The van der Waals surface area contributed by atoms with Crippen LogP contribution in [0.5, 0.6) is 0 Å². The lowest BCUT2D eigenvalue weighted by molar-refractivity contribution is 0.0170. The molecular formula is C20H34N4O. The molecule has 1 aliphatic heterocycles. The summed E-state index contributed by atoms with van der Waals surface area (Å²) in [5.41, 5.74) is 1.34. The van der Waals surface area contributed by atoms with Gasteiger partial charge in [0.15, 0.2) is 5.96 Å². The number of benzene rings is 1. The number of unbranched alkanes of at least 4 members (excludes halogenated alkanes) is 3. The number of nitrogens with one attached hydrogen (secondary N) is 2. The molecule has 0 aliphatic carbocycles. The van der Waals surface area contributed by atoms with E-state index in [9.17, 15) is 0 Å². The highest BCUT2D eigenvalue weighted by atomic mass is 16.5. The number of guanidine groups is 1. The normalized spacial score (nSPS) is 17.3. The molecule has 1 saturated heterocycles. The van der Waals surface area contributed by atoms with Gasteiger partial charge in [-0.25, -0.2) is 0 Å². The van der Waals surface area contributed by atoms with Gasteiger partial charge >= 0.3 is 0 Å². The summed E-state index contributed by atoms with van der Waals surface area (Å²) < 4.78 is 5.52. The predicted molar refractivity (Wildman–Crippen MR) is 105 cm³/mol. The standard InChI is InChI=1S/C20H34N4O/c1-3-4-5-9-12-22-20(21-2)23-17-19(18-10-7-6-8-11-18)24-13-15-25-16-14-24/h6-8,10-11,19H,3-5,9,12-17H2,1-2H3,(H2,21,22,23). The molecule has 0 radical (unpaired) electrons. The van der Waals surface area contributed by atoms with E-state index in [0.717, 1.165) is 45.4 Å². The second kappa shape index (κ2) is 11.9. The molecule has 0 bridgehead atoms. The Balaban J connectivity index is 1.87. The average Bonchev–Trinajstić information content (AvgIpc) is 2.68. The summed E-state index contributed by atoms with van der Waals surface area (Å²) in [6, 6.07) is 11.1. The van der Waals surface area contributed by atoms with Crippen molar-refractivity contribution in [2.75, 3.05) is 46.4 Å². The molecule has 1 fully saturated rings. The van der Waals surface area contributed by atoms with E-state index in [4.69, 9.17) is 4.74 Å². The van der Waals surface area contributed by atoms with Gasteiger partial charge in [-0.05, 0) is 12.0 Å². The second-order valence-corrected chi connectivity index (χ2v) is 6.52. The second-order valence-electron chi connectivity index (χ2n) is 6.52. The van der Waals surface area contributed by atoms with Crippen molar-refractivity contribution in [3.63, 3.8) is 0 Å². The smallest absolute Gasteiger partial charge is 0.191 e. The van der Waals surface area contributed by atoms with Gasteiger partial charge in [0.05, 0.1) is 19.3 Å². The molecule has 1 unspecified atom stereocenters. The van der Waals surface area contributed by atoms with E-state index in [2.05, 4.69) is 57.8 Å². The van der Waals surface area contributed by atoms with Crippen molar-refractivity contribution in [3.8, 4) is 0 Å². The number of rotatable bonds is 9. The fourth-order valence-corrected chi connectivity index (χ4v) is 3.19. The fourth-order valence-electron chi connectivity index (χ4n) is 3.19. The van der Waals surface area contributed by atoms with Crippen molar-refractivity contribution >= 4 is 5.96 Å². The number of aliphatic imine (C=N–C) groups is 1. The van der Waals surface area contributed by atoms with Crippen molar-refractivity contribution in [2.24, 2.45) is 4.99 Å². The maximum absolute atomic E-state index is 5.52. The first-order chi connectivity index (χ1) is 12.3. The van der Waals surface area contributed by atoms with E-state index in [1.54, 1.807) is 0 Å². The molecule has 2 rings (SSSR count). The minimum absolute atomic E-state index is 0.337. The molecule has 0 amide bonds. The van der Waals surface area contributed by atoms with Crippen LogP contribution in [0.25, 0.3) is 0 Å². The minimum atomic E-state index is 0.337. The fraction of sp³-hybridized carbons (Fsp3) is 0.650. The predicted octanol–water partition coefficient (Wildman–Crippen LogP) is 2.81. The molecule has 1 heterocycles. The Bertz CT molecular complexity index is 486. The van der Waals surface area contributed by atoms with Crippen LogP contribution in [0.1, 0.15) is 44.2 Å². The van der Waals surface area contributed by atoms with E-state index >= 15 is 0 Å². The van der Waals surface area contributed by atoms with Crippen LogP contribution in [0.4, 0.5) is 0 Å². The van der Waals surface area contributed by atoms with E-state index in [-0.39, 0.29) is 0 Å². The molecule has 5 nitrogen and oxygen atoms in total. The van der Waals surface area contributed by atoms with Crippen LogP contribution in [0, 0.1) is 0 Å². The van der Waals surface area contributed by atoms with Crippen LogP contribution in [0.2, 0.25) is 0 Å². The first kappa shape index (κ1) is 19.7. The summed E-state index contributed by atoms with van der Waals surface area (Å²) in [7, 11) is 1.84. The van der Waals surface area contributed by atoms with Crippen LogP contribution in [-0.2, 0) is 4.74 Å². The Labute approximate surface area is 152 Å². The Kier molecular flexibility index (Phi) is 9.37. The Morgan fingerprint density at radius 3 is 2.56 bits per heavy atom. The third-order valence-corrected chi connectivity index (χ3v) is 4.68. The van der Waals surface area contributed by atoms with Crippen LogP contribution in [0.15, 0.2) is 35.3 Å².